The van der Waals surface area contributed by atoms with Crippen LogP contribution in [0.25, 0.3) is 0 Å². The monoisotopic (exact) mass is 116 g/mol. The Morgan fingerprint density at radius 2 is 2.12 bits per heavy atom. The van der Waals surface area contributed by atoms with Crippen LogP contribution in [0, 0.1) is 0 Å². The summed E-state index contributed by atoms with van der Waals surface area (Å²) in [7, 11) is 1.65. The van der Waals surface area contributed by atoms with Gasteiger partial charge in [-0.3, -0.25) is 0 Å². The van der Waals surface area contributed by atoms with Crippen molar-refractivity contribution in [3.8, 4) is 0 Å². The van der Waals surface area contributed by atoms with Crippen molar-refractivity contribution >= 4 is 0 Å². The molecule has 0 radical (unpaired) electrons. The zero-order chi connectivity index (χ0) is 6.20. The van der Waals surface area contributed by atoms with Crippen molar-refractivity contribution in [3.05, 3.63) is 0 Å². The van der Waals surface area contributed by atoms with Gasteiger partial charge in [-0.25, -0.2) is 0 Å². The van der Waals surface area contributed by atoms with Crippen LogP contribution >= 0.6 is 0 Å². The molecule has 2 nitrogen and oxygen atoms in total. The maximum atomic E-state index is 9.02. The Bertz CT molecular complexity index is 84.5. The molecular weight excluding hydrogens is 104 g/mol. The quantitative estimate of drug-likeness (QED) is 0.570. The normalized spacial score (nSPS) is 27.4. The second-order valence-corrected chi connectivity index (χ2v) is 2.44. The number of hydrogen-bond donors (Lipinski definition) is 1. The molecule has 1 aliphatic rings. The third kappa shape index (κ3) is 0.740. The predicted molar refractivity (Wildman–Crippen MR) is 30.7 cm³/mol. The maximum Gasteiger partial charge on any atom is 0.0935 e. The Hall–Kier alpha value is -0.0800. The third-order valence-corrected chi connectivity index (χ3v) is 1.91. The highest BCUT2D eigenvalue weighted by atomic mass is 16.5. The SMILES string of the molecule is COC1(C(C)O)CC1. The van der Waals surface area contributed by atoms with Gasteiger partial charge in [0.2, 0.25) is 0 Å². The van der Waals surface area contributed by atoms with Gasteiger partial charge in [0.25, 0.3) is 0 Å². The summed E-state index contributed by atoms with van der Waals surface area (Å²) < 4.78 is 5.06. The summed E-state index contributed by atoms with van der Waals surface area (Å²) in [6.45, 7) is 1.77. The topological polar surface area (TPSA) is 29.5 Å². The molecule has 1 atom stereocenters. The number of aliphatic hydroxyl groups excluding tert-OH is 1. The first-order chi connectivity index (χ1) is 3.71. The van der Waals surface area contributed by atoms with Crippen LogP contribution in [0.2, 0.25) is 0 Å². The van der Waals surface area contributed by atoms with Crippen molar-refractivity contribution in [3.63, 3.8) is 0 Å². The largest absolute Gasteiger partial charge is 0.390 e. The molecular formula is C6H12O2. The van der Waals surface area contributed by atoms with E-state index in [-0.39, 0.29) is 11.7 Å². The second kappa shape index (κ2) is 1.71. The van der Waals surface area contributed by atoms with E-state index in [1.807, 2.05) is 0 Å². The van der Waals surface area contributed by atoms with Crippen molar-refractivity contribution in [2.45, 2.75) is 31.5 Å². The van der Waals surface area contributed by atoms with Crippen molar-refractivity contribution in [1.82, 2.24) is 0 Å². The maximum absolute atomic E-state index is 9.02. The molecule has 0 aliphatic heterocycles. The van der Waals surface area contributed by atoms with Crippen LogP contribution in [-0.2, 0) is 4.74 Å². The van der Waals surface area contributed by atoms with Crippen LogP contribution in [0.15, 0.2) is 0 Å². The minimum absolute atomic E-state index is 0.153. The molecule has 1 aliphatic carbocycles. The van der Waals surface area contributed by atoms with Gasteiger partial charge in [-0.2, -0.15) is 0 Å². The molecule has 0 spiro atoms. The molecule has 1 unspecified atom stereocenters. The van der Waals surface area contributed by atoms with Crippen molar-refractivity contribution < 1.29 is 9.84 Å². The van der Waals surface area contributed by atoms with Crippen LogP contribution in [0.1, 0.15) is 19.8 Å². The lowest BCUT2D eigenvalue weighted by Gasteiger charge is -2.15. The third-order valence-electron chi connectivity index (χ3n) is 1.91. The summed E-state index contributed by atoms with van der Waals surface area (Å²) in [5.74, 6) is 0. The number of hydrogen-bond acceptors (Lipinski definition) is 2. The average Bonchev–Trinajstić information content (AvgIpc) is 2.44. The zero-order valence-electron chi connectivity index (χ0n) is 5.35. The molecule has 48 valence electrons. The van der Waals surface area contributed by atoms with Crippen LogP contribution in [0.4, 0.5) is 0 Å². The van der Waals surface area contributed by atoms with E-state index in [0.717, 1.165) is 12.8 Å². The van der Waals surface area contributed by atoms with Gasteiger partial charge in [-0.15, -0.1) is 0 Å². The number of rotatable bonds is 2. The van der Waals surface area contributed by atoms with Crippen molar-refractivity contribution in [1.29, 1.82) is 0 Å². The molecule has 0 heterocycles. The summed E-state index contributed by atoms with van der Waals surface area (Å²) in [5, 5.41) is 9.02. The first-order valence-electron chi connectivity index (χ1n) is 2.94. The minimum Gasteiger partial charge on any atom is -0.390 e. The first-order valence-corrected chi connectivity index (χ1v) is 2.94. The number of methoxy groups -OCH3 is 1. The fourth-order valence-electron chi connectivity index (χ4n) is 0.916. The molecule has 0 amide bonds. The van der Waals surface area contributed by atoms with Crippen molar-refractivity contribution in [2.24, 2.45) is 0 Å². The Morgan fingerprint density at radius 3 is 2.12 bits per heavy atom. The van der Waals surface area contributed by atoms with Crippen LogP contribution in [-0.4, -0.2) is 23.9 Å². The van der Waals surface area contributed by atoms with E-state index < -0.39 is 0 Å². The fraction of sp³-hybridized carbons (Fsp3) is 1.00. The van der Waals surface area contributed by atoms with Crippen LogP contribution in [0.5, 0.6) is 0 Å². The van der Waals surface area contributed by atoms with Gasteiger partial charge >= 0.3 is 0 Å². The summed E-state index contributed by atoms with van der Waals surface area (Å²) >= 11 is 0. The first kappa shape index (κ1) is 6.05. The van der Waals surface area contributed by atoms with Crippen molar-refractivity contribution in [2.75, 3.05) is 7.11 Å². The van der Waals surface area contributed by atoms with E-state index >= 15 is 0 Å². The average molecular weight is 116 g/mol. The lowest BCUT2D eigenvalue weighted by molar-refractivity contribution is -0.0222. The van der Waals surface area contributed by atoms with E-state index in [1.165, 1.54) is 0 Å². The van der Waals surface area contributed by atoms with E-state index in [9.17, 15) is 0 Å². The Labute approximate surface area is 49.5 Å². The lowest BCUT2D eigenvalue weighted by atomic mass is 10.2. The van der Waals surface area contributed by atoms with Gasteiger partial charge in [-0.1, -0.05) is 0 Å². The molecule has 2 heteroatoms. The van der Waals surface area contributed by atoms with Gasteiger partial charge < -0.3 is 9.84 Å². The standard InChI is InChI=1S/C6H12O2/c1-5(7)6(8-2)3-4-6/h5,7H,3-4H2,1-2H3. The minimum atomic E-state index is -0.299. The van der Waals surface area contributed by atoms with E-state index in [0.29, 0.717) is 0 Å². The number of aliphatic hydroxyl groups is 1. The highest BCUT2D eigenvalue weighted by molar-refractivity contribution is 4.99. The molecule has 1 rings (SSSR count). The van der Waals surface area contributed by atoms with Gasteiger partial charge in [0.15, 0.2) is 0 Å². The Morgan fingerprint density at radius 1 is 1.62 bits per heavy atom. The number of ether oxygens (including phenoxy) is 1. The molecule has 1 N–H and O–H groups in total. The molecule has 0 saturated heterocycles. The highest BCUT2D eigenvalue weighted by Gasteiger charge is 2.47. The molecule has 0 aromatic rings. The smallest absolute Gasteiger partial charge is 0.0935 e. The second-order valence-electron chi connectivity index (χ2n) is 2.44. The van der Waals surface area contributed by atoms with Gasteiger partial charge in [0.05, 0.1) is 11.7 Å². The molecule has 0 bridgehead atoms. The molecule has 0 aromatic carbocycles. The molecule has 1 fully saturated rings. The summed E-state index contributed by atoms with van der Waals surface area (Å²) in [6.07, 6.45) is 1.73. The summed E-state index contributed by atoms with van der Waals surface area (Å²) in [6, 6.07) is 0. The van der Waals surface area contributed by atoms with E-state index in [2.05, 4.69) is 0 Å². The Balaban J connectivity index is 2.41. The predicted octanol–water partition coefficient (Wildman–Crippen LogP) is 0.546. The molecule has 0 aromatic heterocycles. The summed E-state index contributed by atoms with van der Waals surface area (Å²) in [5.41, 5.74) is -0.153. The lowest BCUT2D eigenvalue weighted by Crippen LogP contribution is -2.26. The molecule has 8 heavy (non-hydrogen) atoms. The highest BCUT2D eigenvalue weighted by Crippen LogP contribution is 2.41. The van der Waals surface area contributed by atoms with E-state index in [4.69, 9.17) is 9.84 Å². The van der Waals surface area contributed by atoms with Crippen LogP contribution < -0.4 is 0 Å². The molecule has 1 saturated carbocycles. The van der Waals surface area contributed by atoms with Gasteiger partial charge in [0.1, 0.15) is 0 Å². The van der Waals surface area contributed by atoms with E-state index in [1.54, 1.807) is 14.0 Å². The summed E-state index contributed by atoms with van der Waals surface area (Å²) in [4.78, 5) is 0. The zero-order valence-corrected chi connectivity index (χ0v) is 5.35. The van der Waals surface area contributed by atoms with Gasteiger partial charge in [-0.05, 0) is 19.8 Å². The van der Waals surface area contributed by atoms with Crippen LogP contribution in [0.3, 0.4) is 0 Å². The Kier molecular flexibility index (Phi) is 1.29. The van der Waals surface area contributed by atoms with Gasteiger partial charge in [0, 0.05) is 7.11 Å². The fourth-order valence-corrected chi connectivity index (χ4v) is 0.916.